The molecule has 1 aromatic heterocycles. The van der Waals surface area contributed by atoms with Gasteiger partial charge in [0.2, 0.25) is 5.88 Å². The average molecular weight is 346 g/mol. The minimum Gasteiger partial charge on any atom is -0.439 e. The summed E-state index contributed by atoms with van der Waals surface area (Å²) in [6, 6.07) is 10.9. The molecule has 0 aliphatic carbocycles. The van der Waals surface area contributed by atoms with E-state index in [9.17, 15) is 4.79 Å². The van der Waals surface area contributed by atoms with Gasteiger partial charge in [-0.3, -0.25) is 4.79 Å². The Kier molecular flexibility index (Phi) is 5.95. The van der Waals surface area contributed by atoms with Crippen LogP contribution in [0.1, 0.15) is 21.6 Å². The molecule has 0 spiro atoms. The molecule has 0 fully saturated rings. The van der Waals surface area contributed by atoms with Crippen LogP contribution in [-0.2, 0) is 6.54 Å². The minimum absolute atomic E-state index is 0. The maximum atomic E-state index is 12.4. The normalized spacial score (nSPS) is 12.8. The Bertz CT molecular complexity index is 754. The Labute approximate surface area is 147 Å². The molecule has 2 N–H and O–H groups in total. The molecule has 1 amide bonds. The van der Waals surface area contributed by atoms with Crippen molar-refractivity contribution in [2.45, 2.75) is 13.5 Å². The second-order valence-corrected chi connectivity index (χ2v) is 5.47. The molecule has 0 bridgehead atoms. The Hall–Kier alpha value is -2.37. The van der Waals surface area contributed by atoms with E-state index in [0.717, 1.165) is 11.3 Å². The van der Waals surface area contributed by atoms with Gasteiger partial charge in [0.1, 0.15) is 5.75 Å². The van der Waals surface area contributed by atoms with Crippen molar-refractivity contribution in [3.05, 3.63) is 65.4 Å². The monoisotopic (exact) mass is 345 g/mol. The van der Waals surface area contributed by atoms with Crippen LogP contribution in [0.2, 0.25) is 0 Å². The van der Waals surface area contributed by atoms with Gasteiger partial charge in [0.15, 0.2) is 0 Å². The molecule has 3 rings (SSSR count). The fourth-order valence-corrected chi connectivity index (χ4v) is 2.52. The van der Waals surface area contributed by atoms with E-state index < -0.39 is 0 Å². The van der Waals surface area contributed by atoms with Gasteiger partial charge in [-0.25, -0.2) is 4.98 Å². The van der Waals surface area contributed by atoms with Crippen molar-refractivity contribution in [1.82, 2.24) is 9.88 Å². The number of halogens is 1. The zero-order chi connectivity index (χ0) is 16.2. The molecule has 1 aromatic carbocycles. The maximum absolute atomic E-state index is 12.4. The van der Waals surface area contributed by atoms with Crippen molar-refractivity contribution in [1.29, 1.82) is 0 Å². The summed E-state index contributed by atoms with van der Waals surface area (Å²) >= 11 is 0. The highest BCUT2D eigenvalue weighted by atomic mass is 35.5. The van der Waals surface area contributed by atoms with Crippen LogP contribution in [0.15, 0.2) is 48.6 Å². The topological polar surface area (TPSA) is 68.5 Å². The number of nitrogens with zero attached hydrogens (tertiary/aromatic N) is 2. The van der Waals surface area contributed by atoms with Crippen LogP contribution in [-0.4, -0.2) is 28.9 Å². The van der Waals surface area contributed by atoms with Crippen LogP contribution >= 0.6 is 12.4 Å². The molecule has 5 nitrogen and oxygen atoms in total. The molecule has 6 heteroatoms. The summed E-state index contributed by atoms with van der Waals surface area (Å²) in [6.07, 6.45) is 3.98. The lowest BCUT2D eigenvalue weighted by atomic mass is 10.2. The van der Waals surface area contributed by atoms with Gasteiger partial charge in [0.05, 0.1) is 0 Å². The van der Waals surface area contributed by atoms with E-state index in [-0.39, 0.29) is 18.3 Å². The summed E-state index contributed by atoms with van der Waals surface area (Å²) in [4.78, 5) is 18.5. The first-order valence-corrected chi connectivity index (χ1v) is 7.55. The van der Waals surface area contributed by atoms with E-state index in [1.54, 1.807) is 17.0 Å². The van der Waals surface area contributed by atoms with E-state index in [2.05, 4.69) is 4.98 Å². The van der Waals surface area contributed by atoms with Crippen LogP contribution in [0, 0.1) is 6.92 Å². The first-order valence-electron chi connectivity index (χ1n) is 7.55. The molecule has 2 aromatic rings. The number of carbonyl (C=O) groups excluding carboxylic acids is 1. The Morgan fingerprint density at radius 2 is 2.00 bits per heavy atom. The van der Waals surface area contributed by atoms with Crippen molar-refractivity contribution < 1.29 is 9.53 Å². The molecule has 0 radical (unpaired) electrons. The minimum atomic E-state index is 0. The average Bonchev–Trinajstić information content (AvgIpc) is 3.08. The van der Waals surface area contributed by atoms with Gasteiger partial charge in [0, 0.05) is 37.0 Å². The highest BCUT2D eigenvalue weighted by molar-refractivity contribution is 5.95. The predicted molar refractivity (Wildman–Crippen MR) is 95.7 cm³/mol. The molecule has 126 valence electrons. The highest BCUT2D eigenvalue weighted by Crippen LogP contribution is 2.23. The fraction of sp³-hybridized carbons (Fsp3) is 0.222. The quantitative estimate of drug-likeness (QED) is 0.865. The van der Waals surface area contributed by atoms with Crippen molar-refractivity contribution in [2.75, 3.05) is 13.1 Å². The zero-order valence-electron chi connectivity index (χ0n) is 13.4. The number of carbonyl (C=O) groups is 1. The summed E-state index contributed by atoms with van der Waals surface area (Å²) < 4.78 is 5.80. The third kappa shape index (κ3) is 4.13. The SMILES string of the molecule is Cc1cc(CN)cc(Oc2cccc(C(=O)N3CC=CC3)c2)n1.Cl. The van der Waals surface area contributed by atoms with Crippen LogP contribution in [0.3, 0.4) is 0 Å². The Balaban J connectivity index is 0.00000208. The van der Waals surface area contributed by atoms with Crippen LogP contribution in [0.5, 0.6) is 11.6 Å². The zero-order valence-corrected chi connectivity index (χ0v) is 14.3. The molecule has 0 unspecified atom stereocenters. The van der Waals surface area contributed by atoms with Gasteiger partial charge in [-0.1, -0.05) is 18.2 Å². The summed E-state index contributed by atoms with van der Waals surface area (Å²) in [6.45, 7) is 3.64. The number of nitrogens with two attached hydrogens (primary N) is 1. The standard InChI is InChI=1S/C18H19N3O2.ClH/c1-13-9-14(12-19)10-17(20-13)23-16-6-4-5-15(11-16)18(22)21-7-2-3-8-21;/h2-6,9-11H,7-8,12,19H2,1H3;1H. The van der Waals surface area contributed by atoms with E-state index in [1.165, 1.54) is 0 Å². The third-order valence-electron chi connectivity index (χ3n) is 3.63. The Morgan fingerprint density at radius 1 is 1.25 bits per heavy atom. The summed E-state index contributed by atoms with van der Waals surface area (Å²) in [5.74, 6) is 1.07. The van der Waals surface area contributed by atoms with Gasteiger partial charge < -0.3 is 15.4 Å². The number of ether oxygens (including phenoxy) is 1. The predicted octanol–water partition coefficient (Wildman–Crippen LogP) is 3.07. The smallest absolute Gasteiger partial charge is 0.254 e. The molecule has 0 saturated heterocycles. The van der Waals surface area contributed by atoms with Gasteiger partial charge in [-0.15, -0.1) is 12.4 Å². The van der Waals surface area contributed by atoms with Crippen molar-refractivity contribution in [3.63, 3.8) is 0 Å². The molecule has 0 saturated carbocycles. The van der Waals surface area contributed by atoms with Crippen molar-refractivity contribution >= 4 is 18.3 Å². The Morgan fingerprint density at radius 3 is 2.71 bits per heavy atom. The summed E-state index contributed by atoms with van der Waals surface area (Å²) in [5.41, 5.74) is 8.09. The second-order valence-electron chi connectivity index (χ2n) is 5.47. The number of hydrogen-bond acceptors (Lipinski definition) is 4. The molecule has 24 heavy (non-hydrogen) atoms. The van der Waals surface area contributed by atoms with E-state index in [4.69, 9.17) is 10.5 Å². The van der Waals surface area contributed by atoms with E-state index >= 15 is 0 Å². The number of aromatic nitrogens is 1. The third-order valence-corrected chi connectivity index (χ3v) is 3.63. The van der Waals surface area contributed by atoms with Gasteiger partial charge >= 0.3 is 0 Å². The number of hydrogen-bond donors (Lipinski definition) is 1. The number of aryl methyl sites for hydroxylation is 1. The number of rotatable bonds is 4. The first-order chi connectivity index (χ1) is 11.2. The largest absolute Gasteiger partial charge is 0.439 e. The van der Waals surface area contributed by atoms with E-state index in [0.29, 0.717) is 36.8 Å². The fourth-order valence-electron chi connectivity index (χ4n) is 2.52. The summed E-state index contributed by atoms with van der Waals surface area (Å²) in [5, 5.41) is 0. The van der Waals surface area contributed by atoms with Crippen molar-refractivity contribution in [3.8, 4) is 11.6 Å². The number of amides is 1. The van der Waals surface area contributed by atoms with Gasteiger partial charge in [-0.05, 0) is 36.8 Å². The molecule has 1 aliphatic heterocycles. The highest BCUT2D eigenvalue weighted by Gasteiger charge is 2.16. The van der Waals surface area contributed by atoms with Crippen molar-refractivity contribution in [2.24, 2.45) is 5.73 Å². The molecule has 0 atom stereocenters. The molecular formula is C18H20ClN3O2. The first kappa shape index (κ1) is 18.0. The molecular weight excluding hydrogens is 326 g/mol. The molecule has 2 heterocycles. The number of benzene rings is 1. The van der Waals surface area contributed by atoms with Crippen LogP contribution in [0.25, 0.3) is 0 Å². The van der Waals surface area contributed by atoms with E-state index in [1.807, 2.05) is 43.3 Å². The maximum Gasteiger partial charge on any atom is 0.254 e. The summed E-state index contributed by atoms with van der Waals surface area (Å²) in [7, 11) is 0. The van der Waals surface area contributed by atoms with Gasteiger partial charge in [0.25, 0.3) is 5.91 Å². The lowest BCUT2D eigenvalue weighted by Gasteiger charge is -2.16. The van der Waals surface area contributed by atoms with Crippen LogP contribution in [0.4, 0.5) is 0 Å². The van der Waals surface area contributed by atoms with Crippen LogP contribution < -0.4 is 10.5 Å². The molecule has 1 aliphatic rings. The van der Waals surface area contributed by atoms with Gasteiger partial charge in [-0.2, -0.15) is 0 Å². The number of pyridine rings is 1. The lowest BCUT2D eigenvalue weighted by Crippen LogP contribution is -2.28. The second kappa shape index (κ2) is 7.95. The lowest BCUT2D eigenvalue weighted by molar-refractivity contribution is 0.0799.